The Morgan fingerprint density at radius 1 is 1.22 bits per heavy atom. The summed E-state index contributed by atoms with van der Waals surface area (Å²) in [4.78, 5) is 17.4. The lowest BCUT2D eigenvalue weighted by atomic mass is 9.91. The van der Waals surface area contributed by atoms with Gasteiger partial charge in [0.15, 0.2) is 0 Å². The maximum Gasteiger partial charge on any atom is 0.227 e. The Balaban J connectivity index is 0.00000182. The Morgan fingerprint density at radius 2 is 2.00 bits per heavy atom. The summed E-state index contributed by atoms with van der Waals surface area (Å²) < 4.78 is 13.4. The van der Waals surface area contributed by atoms with Crippen LogP contribution in [0.25, 0.3) is 0 Å². The molecular weight excluding hydrogens is 388 g/mol. The Kier molecular flexibility index (Phi) is 10.0. The van der Waals surface area contributed by atoms with Crippen LogP contribution in [0.4, 0.5) is 4.39 Å². The highest BCUT2D eigenvalue weighted by atomic mass is 35.5. The topological polar surface area (TPSA) is 49.6 Å². The first-order valence-electron chi connectivity index (χ1n) is 9.57. The minimum Gasteiger partial charge on any atom is -0.338 e. The molecule has 1 aromatic carbocycles. The van der Waals surface area contributed by atoms with E-state index in [4.69, 9.17) is 5.73 Å². The minimum atomic E-state index is -0.199. The maximum atomic E-state index is 13.4. The molecule has 0 spiro atoms. The van der Waals surface area contributed by atoms with Crippen LogP contribution < -0.4 is 5.73 Å². The van der Waals surface area contributed by atoms with Gasteiger partial charge in [0.05, 0.1) is 5.92 Å². The molecule has 2 aliphatic rings. The molecule has 2 saturated heterocycles. The van der Waals surface area contributed by atoms with Crippen LogP contribution in [0.5, 0.6) is 0 Å². The average Bonchev–Trinajstić information content (AvgIpc) is 2.61. The highest BCUT2D eigenvalue weighted by Crippen LogP contribution is 2.26. The third-order valence-corrected chi connectivity index (χ3v) is 5.59. The number of amides is 1. The van der Waals surface area contributed by atoms with E-state index in [0.717, 1.165) is 57.3 Å². The molecule has 3 atom stereocenters. The maximum absolute atomic E-state index is 13.4. The monoisotopic (exact) mass is 419 g/mol. The standard InChI is InChI=1S/C20H30FN3O.2ClH/c1-15(22)19-9-2-3-11-24(19)20(25)17-7-5-10-23(14-17)13-16-6-4-8-18(21)12-16;;/h4,6,8,12,15,17,19H,2-3,5,7,9-11,13-14,22H2,1H3;2*1H. The molecule has 27 heavy (non-hydrogen) atoms. The molecule has 2 aliphatic heterocycles. The molecule has 1 aromatic rings. The lowest BCUT2D eigenvalue weighted by molar-refractivity contribution is -0.141. The van der Waals surface area contributed by atoms with Gasteiger partial charge in [-0.05, 0) is 63.3 Å². The van der Waals surface area contributed by atoms with Gasteiger partial charge in [-0.25, -0.2) is 4.39 Å². The van der Waals surface area contributed by atoms with Gasteiger partial charge >= 0.3 is 0 Å². The number of nitrogens with two attached hydrogens (primary N) is 1. The molecular formula is C20H32Cl2FN3O. The van der Waals surface area contributed by atoms with E-state index in [2.05, 4.69) is 4.90 Å². The van der Waals surface area contributed by atoms with Gasteiger partial charge in [0.1, 0.15) is 5.82 Å². The highest BCUT2D eigenvalue weighted by Gasteiger charge is 2.35. The van der Waals surface area contributed by atoms with Crippen LogP contribution in [-0.4, -0.2) is 47.4 Å². The Hall–Kier alpha value is -0.880. The summed E-state index contributed by atoms with van der Waals surface area (Å²) >= 11 is 0. The molecule has 2 N–H and O–H groups in total. The Morgan fingerprint density at radius 3 is 2.70 bits per heavy atom. The van der Waals surface area contributed by atoms with Crippen LogP contribution in [0.3, 0.4) is 0 Å². The summed E-state index contributed by atoms with van der Waals surface area (Å²) in [6.07, 6.45) is 5.22. The van der Waals surface area contributed by atoms with Crippen molar-refractivity contribution < 1.29 is 9.18 Å². The fourth-order valence-electron chi connectivity index (χ4n) is 4.31. The second-order valence-electron chi connectivity index (χ2n) is 7.66. The molecule has 2 heterocycles. The van der Waals surface area contributed by atoms with Crippen LogP contribution in [-0.2, 0) is 11.3 Å². The lowest BCUT2D eigenvalue weighted by Crippen LogP contribution is -2.55. The molecule has 4 nitrogen and oxygen atoms in total. The number of likely N-dealkylation sites (tertiary alicyclic amines) is 2. The molecule has 2 fully saturated rings. The van der Waals surface area contributed by atoms with Gasteiger partial charge in [-0.1, -0.05) is 12.1 Å². The molecule has 1 amide bonds. The van der Waals surface area contributed by atoms with Gasteiger partial charge in [0, 0.05) is 31.7 Å². The number of carbonyl (C=O) groups excluding carboxylic acids is 1. The summed E-state index contributed by atoms with van der Waals surface area (Å²) in [5, 5.41) is 0. The van der Waals surface area contributed by atoms with E-state index >= 15 is 0 Å². The van der Waals surface area contributed by atoms with Crippen LogP contribution in [0.1, 0.15) is 44.6 Å². The molecule has 7 heteroatoms. The molecule has 154 valence electrons. The van der Waals surface area contributed by atoms with Crippen molar-refractivity contribution in [3.8, 4) is 0 Å². The van der Waals surface area contributed by atoms with Crippen molar-refractivity contribution in [3.05, 3.63) is 35.6 Å². The first-order chi connectivity index (χ1) is 12.0. The first kappa shape index (κ1) is 24.2. The molecule has 0 bridgehead atoms. The van der Waals surface area contributed by atoms with E-state index in [1.165, 1.54) is 6.07 Å². The predicted molar refractivity (Wildman–Crippen MR) is 112 cm³/mol. The van der Waals surface area contributed by atoms with Crippen LogP contribution in [0.15, 0.2) is 24.3 Å². The summed E-state index contributed by atoms with van der Waals surface area (Å²) in [6, 6.07) is 6.96. The van der Waals surface area contributed by atoms with Crippen LogP contribution >= 0.6 is 24.8 Å². The number of benzene rings is 1. The summed E-state index contributed by atoms with van der Waals surface area (Å²) in [6.45, 7) is 5.28. The zero-order valence-electron chi connectivity index (χ0n) is 16.0. The number of rotatable bonds is 4. The van der Waals surface area contributed by atoms with Gasteiger partial charge in [-0.2, -0.15) is 0 Å². The van der Waals surface area contributed by atoms with Gasteiger partial charge in [-0.3, -0.25) is 9.69 Å². The minimum absolute atomic E-state index is 0. The zero-order chi connectivity index (χ0) is 17.8. The number of hydrogen-bond acceptors (Lipinski definition) is 3. The quantitative estimate of drug-likeness (QED) is 0.810. The van der Waals surface area contributed by atoms with Crippen molar-refractivity contribution in [2.24, 2.45) is 11.7 Å². The van der Waals surface area contributed by atoms with Crippen molar-refractivity contribution in [2.45, 2.75) is 57.7 Å². The van der Waals surface area contributed by atoms with Crippen molar-refractivity contribution in [2.75, 3.05) is 19.6 Å². The fraction of sp³-hybridized carbons (Fsp3) is 0.650. The Labute approximate surface area is 174 Å². The van der Waals surface area contributed by atoms with E-state index in [1.807, 2.05) is 17.9 Å². The van der Waals surface area contributed by atoms with E-state index in [9.17, 15) is 9.18 Å². The third kappa shape index (κ3) is 6.31. The second kappa shape index (κ2) is 11.2. The summed E-state index contributed by atoms with van der Waals surface area (Å²) in [7, 11) is 0. The van der Waals surface area contributed by atoms with Crippen LogP contribution in [0.2, 0.25) is 0 Å². The normalized spacial score (nSPS) is 24.5. The number of hydrogen-bond donors (Lipinski definition) is 1. The molecule has 3 unspecified atom stereocenters. The van der Waals surface area contributed by atoms with Gasteiger partial charge in [-0.15, -0.1) is 24.8 Å². The largest absolute Gasteiger partial charge is 0.338 e. The highest BCUT2D eigenvalue weighted by molar-refractivity contribution is 5.85. The third-order valence-electron chi connectivity index (χ3n) is 5.59. The van der Waals surface area contributed by atoms with Crippen molar-refractivity contribution in [1.29, 1.82) is 0 Å². The summed E-state index contributed by atoms with van der Waals surface area (Å²) in [5.41, 5.74) is 7.10. The van der Waals surface area contributed by atoms with E-state index in [0.29, 0.717) is 6.54 Å². The molecule has 0 radical (unpaired) electrons. The molecule has 3 rings (SSSR count). The van der Waals surface area contributed by atoms with Gasteiger partial charge in [0.2, 0.25) is 5.91 Å². The SMILES string of the molecule is CC(N)C1CCCCN1C(=O)C1CCCN(Cc2cccc(F)c2)C1.Cl.Cl. The zero-order valence-corrected chi connectivity index (χ0v) is 17.6. The number of carbonyl (C=O) groups is 1. The number of halogens is 3. The number of nitrogens with zero attached hydrogens (tertiary/aromatic N) is 2. The van der Waals surface area contributed by atoms with E-state index < -0.39 is 0 Å². The predicted octanol–water partition coefficient (Wildman–Crippen LogP) is 3.61. The first-order valence-corrected chi connectivity index (χ1v) is 9.57. The van der Waals surface area contributed by atoms with Gasteiger partial charge < -0.3 is 10.6 Å². The lowest BCUT2D eigenvalue weighted by Gasteiger charge is -2.42. The summed E-state index contributed by atoms with van der Waals surface area (Å²) in [5.74, 6) is 0.114. The second-order valence-corrected chi connectivity index (χ2v) is 7.66. The molecule has 0 aliphatic carbocycles. The van der Waals surface area contributed by atoms with E-state index in [-0.39, 0.29) is 54.5 Å². The van der Waals surface area contributed by atoms with Crippen molar-refractivity contribution in [1.82, 2.24) is 9.80 Å². The Bertz CT molecular complexity index is 602. The van der Waals surface area contributed by atoms with Crippen molar-refractivity contribution in [3.63, 3.8) is 0 Å². The van der Waals surface area contributed by atoms with Gasteiger partial charge in [0.25, 0.3) is 0 Å². The fourth-order valence-corrected chi connectivity index (χ4v) is 4.31. The smallest absolute Gasteiger partial charge is 0.227 e. The number of piperidine rings is 2. The molecule has 0 aromatic heterocycles. The van der Waals surface area contributed by atoms with Crippen LogP contribution in [0, 0.1) is 11.7 Å². The van der Waals surface area contributed by atoms with Crippen molar-refractivity contribution >= 4 is 30.7 Å². The molecule has 0 saturated carbocycles. The van der Waals surface area contributed by atoms with E-state index in [1.54, 1.807) is 12.1 Å². The average molecular weight is 420 g/mol.